The number of rotatable bonds is 4. The Balaban J connectivity index is 2.28. The maximum atomic E-state index is 14.0. The lowest BCUT2D eigenvalue weighted by atomic mass is 10.1. The molecule has 3 rings (SSSR count). The second kappa shape index (κ2) is 6.53. The van der Waals surface area contributed by atoms with Gasteiger partial charge in [0, 0.05) is 12.1 Å². The number of benzene rings is 2. The van der Waals surface area contributed by atoms with Crippen molar-refractivity contribution in [3.8, 4) is 17.0 Å². The summed E-state index contributed by atoms with van der Waals surface area (Å²) in [7, 11) is 0. The van der Waals surface area contributed by atoms with Gasteiger partial charge in [-0.15, -0.1) is 0 Å². The van der Waals surface area contributed by atoms with Crippen LogP contribution in [0.1, 0.15) is 0 Å². The van der Waals surface area contributed by atoms with E-state index in [0.717, 1.165) is 0 Å². The highest BCUT2D eigenvalue weighted by Gasteiger charge is 2.25. The summed E-state index contributed by atoms with van der Waals surface area (Å²) in [5.41, 5.74) is 6.03. The average Bonchev–Trinajstić information content (AvgIpc) is 2.98. The van der Waals surface area contributed by atoms with E-state index in [-0.39, 0.29) is 50.8 Å². The third-order valence-corrected chi connectivity index (χ3v) is 4.37. The van der Waals surface area contributed by atoms with E-state index in [0.29, 0.717) is 5.39 Å². The van der Waals surface area contributed by atoms with Crippen molar-refractivity contribution in [2.24, 2.45) is 5.73 Å². The number of nitrogens with two attached hydrogens (primary N) is 1. The number of ether oxygens (including phenoxy) is 1. The number of aromatic nitrogens is 1. The van der Waals surface area contributed by atoms with Crippen LogP contribution in [-0.4, -0.2) is 18.3 Å². The zero-order valence-corrected chi connectivity index (χ0v) is 13.8. The third-order valence-electron chi connectivity index (χ3n) is 3.20. The van der Waals surface area contributed by atoms with Crippen molar-refractivity contribution >= 4 is 45.8 Å². The largest absolute Gasteiger partial charge is 0.489 e. The highest BCUT2D eigenvalue weighted by Crippen LogP contribution is 2.48. The maximum absolute atomic E-state index is 14.0. The van der Waals surface area contributed by atoms with Crippen molar-refractivity contribution in [1.29, 1.82) is 0 Å². The number of fused-ring (bicyclic) bond motifs is 1. The molecule has 0 amide bonds. The Bertz CT molecular complexity index is 883. The van der Waals surface area contributed by atoms with Crippen LogP contribution in [0.3, 0.4) is 0 Å². The third kappa shape index (κ3) is 2.74. The van der Waals surface area contributed by atoms with E-state index in [1.807, 2.05) is 0 Å². The lowest BCUT2D eigenvalue weighted by Crippen LogP contribution is -2.11. The van der Waals surface area contributed by atoms with Crippen LogP contribution >= 0.6 is 34.8 Å². The van der Waals surface area contributed by atoms with Gasteiger partial charge < -0.3 is 15.0 Å². The monoisotopic (exact) mass is 374 g/mol. The molecule has 0 atom stereocenters. The van der Waals surface area contributed by atoms with Crippen LogP contribution in [0, 0.1) is 5.82 Å². The van der Waals surface area contributed by atoms with Gasteiger partial charge in [-0.2, -0.15) is 0 Å². The molecule has 120 valence electrons. The molecule has 23 heavy (non-hydrogen) atoms. The first-order valence-electron chi connectivity index (χ1n) is 6.59. The fraction of sp³-hybridized carbons (Fsp3) is 0.133. The number of hydrogen-bond acceptors (Lipinski definition) is 4. The Morgan fingerprint density at radius 1 is 1.13 bits per heavy atom. The number of halogens is 4. The Morgan fingerprint density at radius 3 is 2.57 bits per heavy atom. The summed E-state index contributed by atoms with van der Waals surface area (Å²) in [4.78, 5) is 0. The van der Waals surface area contributed by atoms with Gasteiger partial charge in [-0.25, -0.2) is 4.39 Å². The highest BCUT2D eigenvalue weighted by atomic mass is 35.5. The summed E-state index contributed by atoms with van der Waals surface area (Å²) in [6.07, 6.45) is 0. The van der Waals surface area contributed by atoms with E-state index in [1.54, 1.807) is 18.2 Å². The molecule has 0 aliphatic rings. The topological polar surface area (TPSA) is 61.3 Å². The van der Waals surface area contributed by atoms with Crippen LogP contribution in [0.4, 0.5) is 4.39 Å². The second-order valence-corrected chi connectivity index (χ2v) is 5.76. The zero-order chi connectivity index (χ0) is 16.6. The standard InChI is InChI=1S/C15H10Cl3FN2O2/c16-10-9-13(7-3-1-2-4-8(7)19)21-23-14(9)12(18)15(11(10)17)22-6-5-20/h1-4H,5-6,20H2. The van der Waals surface area contributed by atoms with Gasteiger partial charge in [0.05, 0.1) is 10.4 Å². The Labute approximate surface area is 145 Å². The molecule has 0 saturated heterocycles. The summed E-state index contributed by atoms with van der Waals surface area (Å²) in [6.45, 7) is 0.481. The molecule has 0 spiro atoms. The molecule has 0 aliphatic heterocycles. The minimum Gasteiger partial charge on any atom is -0.489 e. The van der Waals surface area contributed by atoms with Crippen LogP contribution in [0.2, 0.25) is 15.1 Å². The summed E-state index contributed by atoms with van der Waals surface area (Å²) in [5, 5.41) is 4.54. The van der Waals surface area contributed by atoms with E-state index in [4.69, 9.17) is 49.8 Å². The maximum Gasteiger partial charge on any atom is 0.191 e. The summed E-state index contributed by atoms with van der Waals surface area (Å²) in [6, 6.07) is 6.12. The highest BCUT2D eigenvalue weighted by molar-refractivity contribution is 6.49. The molecule has 2 aromatic carbocycles. The lowest BCUT2D eigenvalue weighted by Gasteiger charge is -2.11. The molecular weight excluding hydrogens is 366 g/mol. The second-order valence-electron chi connectivity index (χ2n) is 4.62. The van der Waals surface area contributed by atoms with Crippen LogP contribution in [0.5, 0.6) is 5.75 Å². The molecule has 0 aliphatic carbocycles. The van der Waals surface area contributed by atoms with E-state index in [9.17, 15) is 4.39 Å². The van der Waals surface area contributed by atoms with Gasteiger partial charge in [0.2, 0.25) is 0 Å². The minimum absolute atomic E-state index is 0.0957. The fourth-order valence-corrected chi connectivity index (χ4v) is 3.01. The van der Waals surface area contributed by atoms with Crippen molar-refractivity contribution in [3.63, 3.8) is 0 Å². The molecular formula is C15H10Cl3FN2O2. The van der Waals surface area contributed by atoms with Gasteiger partial charge in [-0.3, -0.25) is 0 Å². The summed E-state index contributed by atoms with van der Waals surface area (Å²) in [5.74, 6) is -0.304. The molecule has 0 unspecified atom stereocenters. The van der Waals surface area contributed by atoms with Gasteiger partial charge in [0.15, 0.2) is 11.3 Å². The predicted molar refractivity (Wildman–Crippen MR) is 89.0 cm³/mol. The molecule has 0 fully saturated rings. The quantitative estimate of drug-likeness (QED) is 0.657. The first-order chi connectivity index (χ1) is 11.1. The van der Waals surface area contributed by atoms with Crippen LogP contribution < -0.4 is 10.5 Å². The molecule has 8 heteroatoms. The van der Waals surface area contributed by atoms with Gasteiger partial charge in [0.25, 0.3) is 0 Å². The molecule has 3 aromatic rings. The van der Waals surface area contributed by atoms with Crippen molar-refractivity contribution in [3.05, 3.63) is 45.2 Å². The Hall–Kier alpha value is -1.53. The van der Waals surface area contributed by atoms with Crippen LogP contribution in [-0.2, 0) is 0 Å². The van der Waals surface area contributed by atoms with Crippen LogP contribution in [0.15, 0.2) is 28.8 Å². The molecule has 0 saturated carbocycles. The molecule has 1 heterocycles. The van der Waals surface area contributed by atoms with E-state index < -0.39 is 5.82 Å². The number of nitrogens with zero attached hydrogens (tertiary/aromatic N) is 1. The summed E-state index contributed by atoms with van der Waals surface area (Å²) < 4.78 is 24.7. The van der Waals surface area contributed by atoms with E-state index in [2.05, 4.69) is 5.16 Å². The predicted octanol–water partition coefficient (Wildman–Crippen LogP) is 4.93. The minimum atomic E-state index is -0.463. The zero-order valence-electron chi connectivity index (χ0n) is 11.6. The van der Waals surface area contributed by atoms with Gasteiger partial charge in [-0.1, -0.05) is 52.1 Å². The smallest absolute Gasteiger partial charge is 0.191 e. The molecule has 0 bridgehead atoms. The molecule has 1 aromatic heterocycles. The lowest BCUT2D eigenvalue weighted by molar-refractivity contribution is 0.328. The first-order valence-corrected chi connectivity index (χ1v) is 7.73. The average molecular weight is 376 g/mol. The fourth-order valence-electron chi connectivity index (χ4n) is 2.18. The van der Waals surface area contributed by atoms with Crippen molar-refractivity contribution in [2.75, 3.05) is 13.2 Å². The van der Waals surface area contributed by atoms with E-state index in [1.165, 1.54) is 6.07 Å². The number of hydrogen-bond donors (Lipinski definition) is 1. The van der Waals surface area contributed by atoms with Gasteiger partial charge in [0.1, 0.15) is 28.2 Å². The van der Waals surface area contributed by atoms with Gasteiger partial charge in [-0.05, 0) is 12.1 Å². The normalized spacial score (nSPS) is 11.2. The van der Waals surface area contributed by atoms with Crippen molar-refractivity contribution < 1.29 is 13.7 Å². The SMILES string of the molecule is NCCOc1c(Cl)c(Cl)c2c(-c3ccccc3F)noc2c1Cl. The molecule has 4 nitrogen and oxygen atoms in total. The van der Waals surface area contributed by atoms with Crippen molar-refractivity contribution in [2.45, 2.75) is 0 Å². The molecule has 0 radical (unpaired) electrons. The van der Waals surface area contributed by atoms with Gasteiger partial charge >= 0.3 is 0 Å². The first kappa shape index (κ1) is 16.3. The Morgan fingerprint density at radius 2 is 1.87 bits per heavy atom. The van der Waals surface area contributed by atoms with Crippen molar-refractivity contribution in [1.82, 2.24) is 5.16 Å². The van der Waals surface area contributed by atoms with E-state index >= 15 is 0 Å². The molecule has 2 N–H and O–H groups in total. The Kier molecular flexibility index (Phi) is 4.64. The van der Waals surface area contributed by atoms with Crippen LogP contribution in [0.25, 0.3) is 22.2 Å². The summed E-state index contributed by atoms with van der Waals surface area (Å²) >= 11 is 18.8.